The molecule has 0 spiro atoms. The van der Waals surface area contributed by atoms with E-state index in [-0.39, 0.29) is 0 Å². The van der Waals surface area contributed by atoms with Gasteiger partial charge in [0.2, 0.25) is 0 Å². The molecule has 0 fully saturated rings. The smallest absolute Gasteiger partial charge is 0.119 e. The molecular formula is C33H48O2. The first-order valence-corrected chi connectivity index (χ1v) is 13.3. The Morgan fingerprint density at radius 3 is 1.69 bits per heavy atom. The van der Waals surface area contributed by atoms with Crippen molar-refractivity contribution in [3.05, 3.63) is 113 Å². The van der Waals surface area contributed by atoms with Gasteiger partial charge in [-0.05, 0) is 47.4 Å². The number of aromatic hydroxyl groups is 1. The number of phenols is 1. The van der Waals surface area contributed by atoms with Crippen molar-refractivity contribution in [3.63, 3.8) is 0 Å². The molecule has 5 rings (SSSR count). The first-order chi connectivity index (χ1) is 17.0. The van der Waals surface area contributed by atoms with Crippen LogP contribution >= 0.6 is 0 Å². The Labute approximate surface area is 215 Å². The minimum Gasteiger partial charge on any atom is -0.508 e. The number of hydrogen-bond acceptors (Lipinski definition) is 2. The number of aryl methyl sites for hydroxylation is 1. The Kier molecular flexibility index (Phi) is 16.8. The second-order valence-corrected chi connectivity index (χ2v) is 8.07. The number of phenolic OH excluding ortho intramolecular Hbond substituents is 1. The molecule has 2 unspecified atom stereocenters. The number of rotatable bonds is 0. The van der Waals surface area contributed by atoms with E-state index in [1.165, 1.54) is 29.6 Å². The van der Waals surface area contributed by atoms with Gasteiger partial charge >= 0.3 is 0 Å². The SMILES string of the molecule is CC.CC.CCC.CCC.Cc1cccc(O)c1.OC1=C2C=CC3=CC=CC4=CC=C(C=C1)C2C34. The second-order valence-electron chi connectivity index (χ2n) is 8.07. The van der Waals surface area contributed by atoms with E-state index in [1.807, 2.05) is 52.8 Å². The van der Waals surface area contributed by atoms with E-state index in [4.69, 9.17) is 5.11 Å². The monoisotopic (exact) mass is 476 g/mol. The van der Waals surface area contributed by atoms with Gasteiger partial charge in [-0.25, -0.2) is 0 Å². The summed E-state index contributed by atoms with van der Waals surface area (Å²) < 4.78 is 0. The largest absolute Gasteiger partial charge is 0.508 e. The Balaban J connectivity index is 0.000000542. The lowest BCUT2D eigenvalue weighted by Crippen LogP contribution is -2.29. The Bertz CT molecular complexity index is 945. The predicted molar refractivity (Wildman–Crippen MR) is 156 cm³/mol. The van der Waals surface area contributed by atoms with Crippen LogP contribution in [0.5, 0.6) is 5.75 Å². The van der Waals surface area contributed by atoms with E-state index < -0.39 is 0 Å². The molecule has 2 heteroatoms. The van der Waals surface area contributed by atoms with E-state index in [2.05, 4.69) is 70.2 Å². The highest BCUT2D eigenvalue weighted by Gasteiger charge is 2.38. The molecule has 2 nitrogen and oxygen atoms in total. The molecule has 192 valence electrons. The Hall–Kier alpha value is -3.00. The molecular weight excluding hydrogens is 428 g/mol. The fourth-order valence-electron chi connectivity index (χ4n) is 3.81. The van der Waals surface area contributed by atoms with Crippen LogP contribution in [0.25, 0.3) is 0 Å². The van der Waals surface area contributed by atoms with Crippen LogP contribution in [0.2, 0.25) is 0 Å². The van der Waals surface area contributed by atoms with Crippen LogP contribution in [0.15, 0.2) is 107 Å². The summed E-state index contributed by atoms with van der Waals surface area (Å²) in [6, 6.07) is 7.15. The van der Waals surface area contributed by atoms with Crippen molar-refractivity contribution in [1.29, 1.82) is 0 Å². The van der Waals surface area contributed by atoms with Gasteiger partial charge in [-0.3, -0.25) is 0 Å². The van der Waals surface area contributed by atoms with Crippen molar-refractivity contribution in [2.24, 2.45) is 11.8 Å². The molecule has 0 saturated carbocycles. The number of allylic oxidation sites excluding steroid dienone is 13. The summed E-state index contributed by atoms with van der Waals surface area (Å²) in [7, 11) is 0. The Morgan fingerprint density at radius 1 is 0.657 bits per heavy atom. The van der Waals surface area contributed by atoms with Crippen molar-refractivity contribution in [2.45, 2.75) is 75.2 Å². The first-order valence-electron chi connectivity index (χ1n) is 13.3. The van der Waals surface area contributed by atoms with Gasteiger partial charge in [0.25, 0.3) is 0 Å². The van der Waals surface area contributed by atoms with E-state index in [1.54, 1.807) is 18.2 Å². The number of hydrogen-bond donors (Lipinski definition) is 2. The fourth-order valence-corrected chi connectivity index (χ4v) is 3.81. The predicted octanol–water partition coefficient (Wildman–Crippen LogP) is 10.1. The highest BCUT2D eigenvalue weighted by molar-refractivity contribution is 5.60. The maximum atomic E-state index is 9.98. The molecule has 35 heavy (non-hydrogen) atoms. The highest BCUT2D eigenvalue weighted by Crippen LogP contribution is 2.48. The van der Waals surface area contributed by atoms with Crippen molar-refractivity contribution < 1.29 is 10.2 Å². The lowest BCUT2D eigenvalue weighted by atomic mass is 9.64. The molecule has 2 N–H and O–H groups in total. The van der Waals surface area contributed by atoms with Crippen molar-refractivity contribution in [1.82, 2.24) is 0 Å². The standard InChI is InChI=1S/C16H12O.C7H8O.2C3H8.2C2H6/c17-14-9-7-12-5-4-10-2-1-3-11-6-8-13(14)16(12)15(10)11;1-6-3-2-4-7(8)5-6;2*1-3-2;2*1-2/h1-9,15-17H;2-5,8H,1H3;2*3H2,1-2H3;2*1-2H3. The second kappa shape index (κ2) is 18.3. The van der Waals surface area contributed by atoms with Crippen LogP contribution in [0.1, 0.15) is 73.8 Å². The first kappa shape index (κ1) is 32.0. The summed E-state index contributed by atoms with van der Waals surface area (Å²) in [5, 5.41) is 18.8. The lowest BCUT2D eigenvalue weighted by molar-refractivity contribution is 0.406. The van der Waals surface area contributed by atoms with Gasteiger partial charge in [0.05, 0.1) is 0 Å². The highest BCUT2D eigenvalue weighted by atomic mass is 16.3. The van der Waals surface area contributed by atoms with Gasteiger partial charge in [-0.2, -0.15) is 0 Å². The number of aliphatic hydroxyl groups excluding tert-OH is 1. The summed E-state index contributed by atoms with van der Waals surface area (Å²) in [5.74, 6) is 1.46. The normalized spacial score (nSPS) is 18.9. The minimum atomic E-state index is 0.307. The molecule has 4 aliphatic rings. The topological polar surface area (TPSA) is 40.5 Å². The maximum Gasteiger partial charge on any atom is 0.119 e. The van der Waals surface area contributed by atoms with Gasteiger partial charge < -0.3 is 10.2 Å². The summed E-state index contributed by atoms with van der Waals surface area (Å²) >= 11 is 0. The molecule has 1 aromatic rings. The average molecular weight is 477 g/mol. The van der Waals surface area contributed by atoms with Crippen molar-refractivity contribution >= 4 is 0 Å². The molecule has 0 amide bonds. The van der Waals surface area contributed by atoms with E-state index in [0.29, 0.717) is 23.3 Å². The molecule has 0 aliphatic heterocycles. The molecule has 0 saturated heterocycles. The van der Waals surface area contributed by atoms with Crippen molar-refractivity contribution in [3.8, 4) is 5.75 Å². The number of benzene rings is 1. The van der Waals surface area contributed by atoms with E-state index in [9.17, 15) is 5.11 Å². The fraction of sp³-hybridized carbons (Fsp3) is 0.394. The molecule has 0 bridgehead atoms. The zero-order valence-corrected chi connectivity index (χ0v) is 23.5. The van der Waals surface area contributed by atoms with Crippen LogP contribution in [0.4, 0.5) is 0 Å². The molecule has 0 aromatic heterocycles. The number of aliphatic hydroxyl groups is 1. The minimum absolute atomic E-state index is 0.307. The third-order valence-corrected chi connectivity index (χ3v) is 4.98. The zero-order valence-electron chi connectivity index (χ0n) is 23.5. The zero-order chi connectivity index (χ0) is 26.8. The molecule has 1 aromatic carbocycles. The van der Waals surface area contributed by atoms with E-state index >= 15 is 0 Å². The molecule has 2 atom stereocenters. The van der Waals surface area contributed by atoms with Crippen LogP contribution in [0, 0.1) is 18.8 Å². The maximum absolute atomic E-state index is 9.98. The molecule has 4 aliphatic carbocycles. The third-order valence-electron chi connectivity index (χ3n) is 4.98. The third kappa shape index (κ3) is 9.64. The summed E-state index contributed by atoms with van der Waals surface area (Å²) in [6.45, 7) is 18.4. The van der Waals surface area contributed by atoms with Crippen LogP contribution < -0.4 is 0 Å². The average Bonchev–Trinajstić information content (AvgIpc) is 2.87. The van der Waals surface area contributed by atoms with Gasteiger partial charge in [0, 0.05) is 17.4 Å². The van der Waals surface area contributed by atoms with Gasteiger partial charge in [0.1, 0.15) is 11.5 Å². The lowest BCUT2D eigenvalue weighted by Gasteiger charge is -2.39. The van der Waals surface area contributed by atoms with Crippen LogP contribution in [-0.2, 0) is 0 Å². The van der Waals surface area contributed by atoms with E-state index in [0.717, 1.165) is 11.1 Å². The van der Waals surface area contributed by atoms with Crippen molar-refractivity contribution in [2.75, 3.05) is 0 Å². The molecule has 0 heterocycles. The van der Waals surface area contributed by atoms with Crippen LogP contribution in [0.3, 0.4) is 0 Å². The Morgan fingerprint density at radius 2 is 1.17 bits per heavy atom. The summed E-state index contributed by atoms with van der Waals surface area (Å²) in [6.07, 6.45) is 21.3. The van der Waals surface area contributed by atoms with Gasteiger partial charge in [-0.15, -0.1) is 0 Å². The van der Waals surface area contributed by atoms with Crippen LogP contribution in [-0.4, -0.2) is 10.2 Å². The summed E-state index contributed by atoms with van der Waals surface area (Å²) in [4.78, 5) is 0. The molecule has 0 radical (unpaired) electrons. The summed E-state index contributed by atoms with van der Waals surface area (Å²) in [5.41, 5.74) is 6.14. The quantitative estimate of drug-likeness (QED) is 0.391. The van der Waals surface area contributed by atoms with Gasteiger partial charge in [-0.1, -0.05) is 129 Å². The van der Waals surface area contributed by atoms with Gasteiger partial charge in [0.15, 0.2) is 0 Å².